The second-order valence-corrected chi connectivity index (χ2v) is 3.57. The number of nitrogens with zero attached hydrogens (tertiary/aromatic N) is 1. The summed E-state index contributed by atoms with van der Waals surface area (Å²) in [6.45, 7) is 0. The van der Waals surface area contributed by atoms with E-state index in [0.717, 1.165) is 21.8 Å². The van der Waals surface area contributed by atoms with Gasteiger partial charge in [-0.3, -0.25) is 4.98 Å². The summed E-state index contributed by atoms with van der Waals surface area (Å²) in [5, 5.41) is 10.7. The number of fused-ring (bicyclic) bond motifs is 3. The van der Waals surface area contributed by atoms with Crippen molar-refractivity contribution in [3.63, 3.8) is 0 Å². The minimum atomic E-state index is -0.928. The second-order valence-electron chi connectivity index (χ2n) is 3.57. The largest absolute Gasteiger partial charge is 0.478 e. The van der Waals surface area contributed by atoms with Gasteiger partial charge in [-0.05, 0) is 6.07 Å². The molecule has 78 valence electrons. The zero-order valence-electron chi connectivity index (χ0n) is 8.27. The van der Waals surface area contributed by atoms with Crippen molar-refractivity contribution in [2.24, 2.45) is 0 Å². The summed E-state index contributed by atoms with van der Waals surface area (Å²) < 4.78 is 0. The van der Waals surface area contributed by atoms with Crippen LogP contribution in [0.2, 0.25) is 0 Å². The predicted molar refractivity (Wildman–Crippen MR) is 60.6 cm³/mol. The standard InChI is InChI=1S/C12H8N2O2/c15-12(16)8-5-13-10-6-14-9-4-2-1-3-7(9)11(8)10/h1-6,13H,(H,15,16). The van der Waals surface area contributed by atoms with Crippen LogP contribution in [0.5, 0.6) is 0 Å². The van der Waals surface area contributed by atoms with E-state index >= 15 is 0 Å². The molecule has 0 saturated heterocycles. The number of hydrogen-bond donors (Lipinski definition) is 2. The quantitative estimate of drug-likeness (QED) is 0.651. The molecule has 0 atom stereocenters. The molecule has 0 bridgehead atoms. The van der Waals surface area contributed by atoms with E-state index in [1.165, 1.54) is 6.20 Å². The molecule has 16 heavy (non-hydrogen) atoms. The van der Waals surface area contributed by atoms with Crippen LogP contribution in [0.15, 0.2) is 36.7 Å². The van der Waals surface area contributed by atoms with Gasteiger partial charge in [0.1, 0.15) is 0 Å². The monoisotopic (exact) mass is 212 g/mol. The Bertz CT molecular complexity index is 700. The number of rotatable bonds is 1. The third kappa shape index (κ3) is 1.10. The molecule has 3 rings (SSSR count). The Morgan fingerprint density at radius 1 is 1.31 bits per heavy atom. The van der Waals surface area contributed by atoms with Gasteiger partial charge in [0.15, 0.2) is 0 Å². The maximum absolute atomic E-state index is 11.1. The lowest BCUT2D eigenvalue weighted by Gasteiger charge is -1.99. The van der Waals surface area contributed by atoms with Gasteiger partial charge in [0.2, 0.25) is 0 Å². The zero-order chi connectivity index (χ0) is 11.1. The minimum absolute atomic E-state index is 0.286. The molecule has 0 saturated carbocycles. The maximum Gasteiger partial charge on any atom is 0.337 e. The number of aromatic nitrogens is 2. The summed E-state index contributed by atoms with van der Waals surface area (Å²) in [4.78, 5) is 18.3. The van der Waals surface area contributed by atoms with Crippen LogP contribution in [0.3, 0.4) is 0 Å². The minimum Gasteiger partial charge on any atom is -0.478 e. The molecule has 0 aliphatic rings. The lowest BCUT2D eigenvalue weighted by molar-refractivity contribution is 0.0699. The van der Waals surface area contributed by atoms with Crippen molar-refractivity contribution < 1.29 is 9.90 Å². The molecule has 2 aromatic heterocycles. The van der Waals surface area contributed by atoms with Gasteiger partial charge >= 0.3 is 5.97 Å². The number of para-hydroxylation sites is 1. The topological polar surface area (TPSA) is 66.0 Å². The van der Waals surface area contributed by atoms with Crippen molar-refractivity contribution in [2.75, 3.05) is 0 Å². The van der Waals surface area contributed by atoms with Crippen LogP contribution in [0, 0.1) is 0 Å². The van der Waals surface area contributed by atoms with E-state index in [1.807, 2.05) is 24.3 Å². The lowest BCUT2D eigenvalue weighted by atomic mass is 10.1. The van der Waals surface area contributed by atoms with E-state index in [2.05, 4.69) is 9.97 Å². The predicted octanol–water partition coefficient (Wildman–Crippen LogP) is 2.41. The molecule has 3 aromatic rings. The SMILES string of the molecule is O=C(O)c1c[nH]c2cnc3ccccc3c12. The van der Waals surface area contributed by atoms with Gasteiger partial charge < -0.3 is 10.1 Å². The highest BCUT2D eigenvalue weighted by molar-refractivity contribution is 6.14. The highest BCUT2D eigenvalue weighted by atomic mass is 16.4. The van der Waals surface area contributed by atoms with E-state index in [1.54, 1.807) is 6.20 Å². The molecular weight excluding hydrogens is 204 g/mol. The molecule has 1 aromatic carbocycles. The molecule has 0 unspecified atom stereocenters. The molecule has 0 radical (unpaired) electrons. The molecule has 4 heteroatoms. The molecule has 0 amide bonds. The van der Waals surface area contributed by atoms with Crippen LogP contribution in [0.25, 0.3) is 21.8 Å². The summed E-state index contributed by atoms with van der Waals surface area (Å²) in [6.07, 6.45) is 3.16. The highest BCUT2D eigenvalue weighted by Gasteiger charge is 2.13. The summed E-state index contributed by atoms with van der Waals surface area (Å²) in [7, 11) is 0. The van der Waals surface area contributed by atoms with Gasteiger partial charge in [0.25, 0.3) is 0 Å². The summed E-state index contributed by atoms with van der Waals surface area (Å²) >= 11 is 0. The Morgan fingerprint density at radius 2 is 2.12 bits per heavy atom. The van der Waals surface area contributed by atoms with Crippen LogP contribution >= 0.6 is 0 Å². The number of carboxylic acid groups (broad SMARTS) is 1. The number of aromatic carboxylic acids is 1. The second kappa shape index (κ2) is 3.06. The van der Waals surface area contributed by atoms with Crippen molar-refractivity contribution >= 4 is 27.8 Å². The van der Waals surface area contributed by atoms with E-state index in [9.17, 15) is 4.79 Å². The van der Waals surface area contributed by atoms with Crippen molar-refractivity contribution in [1.82, 2.24) is 9.97 Å². The first-order valence-corrected chi connectivity index (χ1v) is 4.85. The van der Waals surface area contributed by atoms with Crippen molar-refractivity contribution in [1.29, 1.82) is 0 Å². The summed E-state index contributed by atoms with van der Waals surface area (Å²) in [6, 6.07) is 7.51. The number of benzene rings is 1. The average Bonchev–Trinajstić information content (AvgIpc) is 2.73. The number of hydrogen-bond acceptors (Lipinski definition) is 2. The third-order valence-corrected chi connectivity index (χ3v) is 2.65. The van der Waals surface area contributed by atoms with Crippen molar-refractivity contribution in [3.05, 3.63) is 42.2 Å². The van der Waals surface area contributed by atoms with Crippen LogP contribution in [-0.2, 0) is 0 Å². The first-order chi connectivity index (χ1) is 7.77. The molecule has 0 fully saturated rings. The molecule has 0 aliphatic heterocycles. The van der Waals surface area contributed by atoms with Gasteiger partial charge in [-0.1, -0.05) is 18.2 Å². The molecule has 0 aliphatic carbocycles. The van der Waals surface area contributed by atoms with E-state index in [0.29, 0.717) is 0 Å². The Morgan fingerprint density at radius 3 is 2.94 bits per heavy atom. The first-order valence-electron chi connectivity index (χ1n) is 4.85. The number of carboxylic acids is 1. The van der Waals surface area contributed by atoms with E-state index < -0.39 is 5.97 Å². The Kier molecular flexibility index (Phi) is 1.71. The molecular formula is C12H8N2O2. The number of carbonyl (C=O) groups is 1. The van der Waals surface area contributed by atoms with Gasteiger partial charge in [0, 0.05) is 17.0 Å². The van der Waals surface area contributed by atoms with Crippen LogP contribution in [-0.4, -0.2) is 21.0 Å². The Labute approximate surface area is 90.5 Å². The number of nitrogens with one attached hydrogen (secondary N) is 1. The fourth-order valence-electron chi connectivity index (χ4n) is 1.93. The van der Waals surface area contributed by atoms with Crippen molar-refractivity contribution in [3.8, 4) is 0 Å². The normalized spacial score (nSPS) is 11.0. The van der Waals surface area contributed by atoms with Gasteiger partial charge in [-0.25, -0.2) is 4.79 Å². The summed E-state index contributed by atoms with van der Waals surface area (Å²) in [5.41, 5.74) is 1.84. The molecule has 2 N–H and O–H groups in total. The van der Waals surface area contributed by atoms with Crippen LogP contribution < -0.4 is 0 Å². The first kappa shape index (κ1) is 8.91. The highest BCUT2D eigenvalue weighted by Crippen LogP contribution is 2.26. The number of H-pyrrole nitrogens is 1. The third-order valence-electron chi connectivity index (χ3n) is 2.65. The van der Waals surface area contributed by atoms with Gasteiger partial charge in [-0.2, -0.15) is 0 Å². The lowest BCUT2D eigenvalue weighted by Crippen LogP contribution is -1.94. The maximum atomic E-state index is 11.1. The van der Waals surface area contributed by atoms with Crippen LogP contribution in [0.4, 0.5) is 0 Å². The molecule has 0 spiro atoms. The molecule has 2 heterocycles. The molecule has 4 nitrogen and oxygen atoms in total. The number of pyridine rings is 1. The van der Waals surface area contributed by atoms with Gasteiger partial charge in [0.05, 0.1) is 22.8 Å². The zero-order valence-corrected chi connectivity index (χ0v) is 8.27. The average molecular weight is 212 g/mol. The van der Waals surface area contributed by atoms with Crippen molar-refractivity contribution in [2.45, 2.75) is 0 Å². The Hall–Kier alpha value is -2.36. The number of aromatic amines is 1. The van der Waals surface area contributed by atoms with Crippen LogP contribution in [0.1, 0.15) is 10.4 Å². The summed E-state index contributed by atoms with van der Waals surface area (Å²) in [5.74, 6) is -0.928. The fraction of sp³-hybridized carbons (Fsp3) is 0. The van der Waals surface area contributed by atoms with E-state index in [4.69, 9.17) is 5.11 Å². The fourth-order valence-corrected chi connectivity index (χ4v) is 1.93. The Balaban J connectivity index is 2.56. The van der Waals surface area contributed by atoms with Gasteiger partial charge in [-0.15, -0.1) is 0 Å². The smallest absolute Gasteiger partial charge is 0.337 e. The van der Waals surface area contributed by atoms with E-state index in [-0.39, 0.29) is 5.56 Å².